The van der Waals surface area contributed by atoms with E-state index in [1.54, 1.807) is 6.07 Å². The zero-order valence-electron chi connectivity index (χ0n) is 12.2. The second-order valence-electron chi connectivity index (χ2n) is 5.05. The van der Waals surface area contributed by atoms with E-state index in [1.807, 2.05) is 49.7 Å². The third kappa shape index (κ3) is 2.00. The molecule has 0 aliphatic carbocycles. The van der Waals surface area contributed by atoms with Gasteiger partial charge in [0.25, 0.3) is 0 Å². The highest BCUT2D eigenvalue weighted by Crippen LogP contribution is 2.34. The van der Waals surface area contributed by atoms with Gasteiger partial charge in [-0.3, -0.25) is 0 Å². The Hall–Kier alpha value is -2.00. The average molecular weight is 302 g/mol. The van der Waals surface area contributed by atoms with Crippen LogP contribution in [0.4, 0.5) is 0 Å². The first-order valence-electron chi connectivity index (χ1n) is 6.89. The van der Waals surface area contributed by atoms with Crippen LogP contribution in [-0.2, 0) is 11.8 Å². The normalized spacial score (nSPS) is 11.2. The number of ether oxygens (including phenoxy) is 1. The number of hydrogen-bond donors (Lipinski definition) is 0. The number of halogens is 1. The molecule has 0 bridgehead atoms. The van der Waals surface area contributed by atoms with Gasteiger partial charge < -0.3 is 9.30 Å². The van der Waals surface area contributed by atoms with Gasteiger partial charge in [-0.2, -0.15) is 0 Å². The Bertz CT molecular complexity index is 864. The predicted molar refractivity (Wildman–Crippen MR) is 86.1 cm³/mol. The lowest BCUT2D eigenvalue weighted by Crippen LogP contribution is -2.06. The molecule has 0 unspecified atom stereocenters. The van der Waals surface area contributed by atoms with Gasteiger partial charge in [-0.05, 0) is 31.5 Å². The van der Waals surface area contributed by atoms with E-state index in [1.165, 1.54) is 0 Å². The molecule has 0 amide bonds. The third-order valence-corrected chi connectivity index (χ3v) is 4.27. The maximum atomic E-state index is 12.2. The first-order valence-corrected chi connectivity index (χ1v) is 7.27. The zero-order valence-corrected chi connectivity index (χ0v) is 13.0. The fourth-order valence-corrected chi connectivity index (χ4v) is 3.09. The number of carbonyl (C=O) groups excluding carboxylic acids is 1. The maximum Gasteiger partial charge on any atom is 0.340 e. The summed E-state index contributed by atoms with van der Waals surface area (Å²) in [5.41, 5.74) is 3.54. The molecule has 2 aromatic carbocycles. The van der Waals surface area contributed by atoms with E-state index in [2.05, 4.69) is 0 Å². The zero-order chi connectivity index (χ0) is 15.1. The number of carbonyl (C=O) groups is 1. The molecule has 3 aromatic rings. The number of rotatable bonds is 2. The molecule has 0 aliphatic rings. The van der Waals surface area contributed by atoms with Gasteiger partial charge in [0, 0.05) is 22.8 Å². The summed E-state index contributed by atoms with van der Waals surface area (Å²) in [7, 11) is 1.96. The summed E-state index contributed by atoms with van der Waals surface area (Å²) in [6.07, 6.45) is 0. The summed E-state index contributed by atoms with van der Waals surface area (Å²) in [6.45, 7) is 4.17. The van der Waals surface area contributed by atoms with E-state index in [4.69, 9.17) is 16.3 Å². The van der Waals surface area contributed by atoms with Crippen molar-refractivity contribution in [3.63, 3.8) is 0 Å². The summed E-state index contributed by atoms with van der Waals surface area (Å²) in [6, 6.07) is 9.61. The van der Waals surface area contributed by atoms with Crippen molar-refractivity contribution < 1.29 is 9.53 Å². The Morgan fingerprint density at radius 2 is 1.90 bits per heavy atom. The number of benzene rings is 2. The van der Waals surface area contributed by atoms with Gasteiger partial charge in [0.2, 0.25) is 0 Å². The molecule has 0 saturated heterocycles. The Balaban J connectivity index is 2.45. The summed E-state index contributed by atoms with van der Waals surface area (Å²) in [5, 5.41) is 2.87. The van der Waals surface area contributed by atoms with E-state index in [-0.39, 0.29) is 5.97 Å². The van der Waals surface area contributed by atoms with Crippen LogP contribution < -0.4 is 0 Å². The highest BCUT2D eigenvalue weighted by molar-refractivity contribution is 6.32. The molecule has 3 nitrogen and oxygen atoms in total. The Labute approximate surface area is 128 Å². The van der Waals surface area contributed by atoms with Crippen LogP contribution in [0.2, 0.25) is 5.02 Å². The van der Waals surface area contributed by atoms with Crippen LogP contribution in [0, 0.1) is 6.92 Å². The van der Waals surface area contributed by atoms with Crippen LogP contribution in [0.25, 0.3) is 21.8 Å². The highest BCUT2D eigenvalue weighted by atomic mass is 35.5. The summed E-state index contributed by atoms with van der Waals surface area (Å²) in [4.78, 5) is 12.2. The van der Waals surface area contributed by atoms with Crippen LogP contribution in [0.5, 0.6) is 0 Å². The molecule has 0 spiro atoms. The molecular formula is C17H16ClNO2. The standard InChI is InChI=1S/C17H16ClNO2/c1-4-21-17(20)13-7-5-6-11-12-8-9-14(18)10(2)15(12)19(3)16(11)13/h5-9H,4H2,1-3H3. The fraction of sp³-hybridized carbons (Fsp3) is 0.235. The largest absolute Gasteiger partial charge is 0.462 e. The van der Waals surface area contributed by atoms with E-state index < -0.39 is 0 Å². The fourth-order valence-electron chi connectivity index (χ4n) is 2.93. The second-order valence-corrected chi connectivity index (χ2v) is 5.46. The molecule has 108 valence electrons. The first kappa shape index (κ1) is 14.0. The van der Waals surface area contributed by atoms with Gasteiger partial charge in [-0.25, -0.2) is 4.79 Å². The van der Waals surface area contributed by atoms with Crippen molar-refractivity contribution in [3.8, 4) is 0 Å². The third-order valence-electron chi connectivity index (χ3n) is 3.86. The van der Waals surface area contributed by atoms with Crippen molar-refractivity contribution in [2.75, 3.05) is 6.61 Å². The molecule has 3 rings (SSSR count). The highest BCUT2D eigenvalue weighted by Gasteiger charge is 2.18. The van der Waals surface area contributed by atoms with Gasteiger partial charge in [0.15, 0.2) is 0 Å². The van der Waals surface area contributed by atoms with Crippen LogP contribution in [0.3, 0.4) is 0 Å². The smallest absolute Gasteiger partial charge is 0.340 e. The minimum absolute atomic E-state index is 0.294. The summed E-state index contributed by atoms with van der Waals surface area (Å²) >= 11 is 6.23. The number of nitrogens with zero attached hydrogens (tertiary/aromatic N) is 1. The number of esters is 1. The van der Waals surface area contributed by atoms with Crippen LogP contribution in [-0.4, -0.2) is 17.1 Å². The van der Waals surface area contributed by atoms with Crippen molar-refractivity contribution in [1.29, 1.82) is 0 Å². The van der Waals surface area contributed by atoms with Crippen LogP contribution in [0.15, 0.2) is 30.3 Å². The molecule has 21 heavy (non-hydrogen) atoms. The monoisotopic (exact) mass is 301 g/mol. The molecule has 0 saturated carbocycles. The number of para-hydroxylation sites is 1. The molecule has 0 atom stereocenters. The number of fused-ring (bicyclic) bond motifs is 3. The van der Waals surface area contributed by atoms with Crippen molar-refractivity contribution in [2.24, 2.45) is 7.05 Å². The minimum Gasteiger partial charge on any atom is -0.462 e. The van der Waals surface area contributed by atoms with E-state index in [0.717, 1.165) is 32.4 Å². The Morgan fingerprint density at radius 1 is 1.19 bits per heavy atom. The first-order chi connectivity index (χ1) is 10.1. The average Bonchev–Trinajstić information content (AvgIpc) is 2.77. The SMILES string of the molecule is CCOC(=O)c1cccc2c3ccc(Cl)c(C)c3n(C)c12. The summed E-state index contributed by atoms with van der Waals surface area (Å²) in [5.74, 6) is -0.294. The van der Waals surface area contributed by atoms with Crippen molar-refractivity contribution in [3.05, 3.63) is 46.5 Å². The van der Waals surface area contributed by atoms with Gasteiger partial charge >= 0.3 is 5.97 Å². The van der Waals surface area contributed by atoms with Gasteiger partial charge in [-0.1, -0.05) is 29.8 Å². The molecule has 1 aromatic heterocycles. The maximum absolute atomic E-state index is 12.2. The van der Waals surface area contributed by atoms with Crippen LogP contribution >= 0.6 is 11.6 Å². The van der Waals surface area contributed by atoms with Crippen molar-refractivity contribution in [2.45, 2.75) is 13.8 Å². The van der Waals surface area contributed by atoms with Gasteiger partial charge in [-0.15, -0.1) is 0 Å². The topological polar surface area (TPSA) is 31.2 Å². The molecule has 1 heterocycles. The van der Waals surface area contributed by atoms with E-state index >= 15 is 0 Å². The molecular weight excluding hydrogens is 286 g/mol. The molecule has 4 heteroatoms. The second kappa shape index (κ2) is 5.08. The van der Waals surface area contributed by atoms with Gasteiger partial charge in [0.1, 0.15) is 0 Å². The quantitative estimate of drug-likeness (QED) is 0.654. The molecule has 0 radical (unpaired) electrons. The van der Waals surface area contributed by atoms with Crippen molar-refractivity contribution in [1.82, 2.24) is 4.57 Å². The lowest BCUT2D eigenvalue weighted by molar-refractivity contribution is 0.0528. The Morgan fingerprint density at radius 3 is 2.62 bits per heavy atom. The van der Waals surface area contributed by atoms with Crippen molar-refractivity contribution >= 4 is 39.4 Å². The number of aromatic nitrogens is 1. The number of aryl methyl sites for hydroxylation is 2. The Kier molecular flexibility index (Phi) is 3.38. The minimum atomic E-state index is -0.294. The molecule has 0 aliphatic heterocycles. The molecule has 0 N–H and O–H groups in total. The van der Waals surface area contributed by atoms with E-state index in [0.29, 0.717) is 12.2 Å². The lowest BCUT2D eigenvalue weighted by Gasteiger charge is -2.06. The summed E-state index contributed by atoms with van der Waals surface area (Å²) < 4.78 is 7.19. The van der Waals surface area contributed by atoms with Gasteiger partial charge in [0.05, 0.1) is 23.2 Å². The molecule has 0 fully saturated rings. The number of hydrogen-bond acceptors (Lipinski definition) is 2. The van der Waals surface area contributed by atoms with Crippen LogP contribution in [0.1, 0.15) is 22.8 Å². The predicted octanol–water partition coefficient (Wildman–Crippen LogP) is 4.47. The van der Waals surface area contributed by atoms with E-state index in [9.17, 15) is 4.79 Å². The lowest BCUT2D eigenvalue weighted by atomic mass is 10.1.